The first-order valence-electron chi connectivity index (χ1n) is 19.5. The number of rotatable bonds is 3. The van der Waals surface area contributed by atoms with Crippen LogP contribution in [0.5, 0.6) is 0 Å². The van der Waals surface area contributed by atoms with E-state index in [-0.39, 0.29) is 10.8 Å². The zero-order valence-corrected chi connectivity index (χ0v) is 31.1. The summed E-state index contributed by atoms with van der Waals surface area (Å²) >= 11 is 0. The first-order chi connectivity index (χ1) is 27.0. The van der Waals surface area contributed by atoms with Crippen molar-refractivity contribution in [1.29, 1.82) is 0 Å². The van der Waals surface area contributed by atoms with E-state index in [1.54, 1.807) is 0 Å². The zero-order chi connectivity index (χ0) is 36.6. The summed E-state index contributed by atoms with van der Waals surface area (Å²) in [5, 5.41) is 2.53. The molecule has 0 bridgehead atoms. The molecule has 0 saturated carbocycles. The van der Waals surface area contributed by atoms with E-state index in [4.69, 9.17) is 0 Å². The van der Waals surface area contributed by atoms with Crippen molar-refractivity contribution in [3.63, 3.8) is 0 Å². The Kier molecular flexibility index (Phi) is 6.01. The van der Waals surface area contributed by atoms with Gasteiger partial charge in [-0.15, -0.1) is 0 Å². The monoisotopic (exact) mass is 702 g/mol. The van der Waals surface area contributed by atoms with E-state index in [0.717, 1.165) is 0 Å². The van der Waals surface area contributed by atoms with Crippen LogP contribution in [0.1, 0.15) is 48.6 Å². The highest BCUT2D eigenvalue weighted by atomic mass is 15.2. The fourth-order valence-corrected chi connectivity index (χ4v) is 10.8. The second kappa shape index (κ2) is 10.7. The van der Waals surface area contributed by atoms with Crippen LogP contribution in [0.2, 0.25) is 0 Å². The van der Waals surface area contributed by atoms with Crippen LogP contribution in [0.3, 0.4) is 0 Å². The van der Waals surface area contributed by atoms with Crippen molar-refractivity contribution >= 4 is 38.9 Å². The quantitative estimate of drug-likeness (QED) is 0.178. The molecule has 1 atom stereocenters. The molecule has 55 heavy (non-hydrogen) atoms. The normalized spacial score (nSPS) is 16.8. The minimum Gasteiger partial charge on any atom is -0.309 e. The predicted octanol–water partition coefficient (Wildman–Crippen LogP) is 13.9. The van der Waals surface area contributed by atoms with Crippen molar-refractivity contribution in [1.82, 2.24) is 4.57 Å². The zero-order valence-electron chi connectivity index (χ0n) is 31.1. The molecular weight excluding hydrogens is 665 g/mol. The largest absolute Gasteiger partial charge is 0.309 e. The molecule has 0 N–H and O–H groups in total. The number of anilines is 3. The van der Waals surface area contributed by atoms with Crippen molar-refractivity contribution in [2.75, 3.05) is 4.90 Å². The minimum absolute atomic E-state index is 0.117. The number of aromatic nitrogens is 1. The SMILES string of the molecule is CC1(C)c2ccccc2-c2c(N3c4cccc5c4C(C)(c4ccccc4-5)c4cccc(-c5cccc6c5c5ccccc5n6-c5ccccc5)c43)cccc21. The van der Waals surface area contributed by atoms with Crippen LogP contribution < -0.4 is 4.90 Å². The van der Waals surface area contributed by atoms with E-state index in [0.29, 0.717) is 0 Å². The fourth-order valence-electron chi connectivity index (χ4n) is 10.8. The fraction of sp³-hybridized carbons (Fsp3) is 0.0943. The lowest BCUT2D eigenvalue weighted by Gasteiger charge is -2.44. The van der Waals surface area contributed by atoms with Crippen LogP contribution in [-0.4, -0.2) is 4.57 Å². The molecule has 0 fully saturated rings. The smallest absolute Gasteiger partial charge is 0.0585 e. The number of benzene rings is 8. The lowest BCUT2D eigenvalue weighted by molar-refractivity contribution is 0.660. The molecule has 1 aromatic heterocycles. The Bertz CT molecular complexity index is 3090. The van der Waals surface area contributed by atoms with E-state index in [2.05, 4.69) is 206 Å². The molecule has 8 aromatic carbocycles. The Morgan fingerprint density at radius 2 is 0.982 bits per heavy atom. The third kappa shape index (κ3) is 3.79. The summed E-state index contributed by atoms with van der Waals surface area (Å²) in [6.45, 7) is 7.24. The summed E-state index contributed by atoms with van der Waals surface area (Å²) in [5.74, 6) is 0. The molecule has 2 nitrogen and oxygen atoms in total. The maximum Gasteiger partial charge on any atom is 0.0585 e. The molecule has 2 aliphatic carbocycles. The van der Waals surface area contributed by atoms with Gasteiger partial charge in [-0.25, -0.2) is 0 Å². The van der Waals surface area contributed by atoms with E-state index in [1.807, 2.05) is 0 Å². The Hall–Kier alpha value is -6.64. The van der Waals surface area contributed by atoms with Gasteiger partial charge in [0.1, 0.15) is 0 Å². The summed E-state index contributed by atoms with van der Waals surface area (Å²) < 4.78 is 2.43. The van der Waals surface area contributed by atoms with Crippen molar-refractivity contribution < 1.29 is 0 Å². The van der Waals surface area contributed by atoms with Gasteiger partial charge < -0.3 is 9.47 Å². The Labute approximate surface area is 321 Å². The number of fused-ring (bicyclic) bond motifs is 11. The second-order valence-electron chi connectivity index (χ2n) is 16.2. The summed E-state index contributed by atoms with van der Waals surface area (Å²) in [6.07, 6.45) is 0. The van der Waals surface area contributed by atoms with Gasteiger partial charge in [0.25, 0.3) is 0 Å². The third-order valence-corrected chi connectivity index (χ3v) is 13.2. The van der Waals surface area contributed by atoms with Crippen LogP contribution in [0.15, 0.2) is 176 Å². The highest BCUT2D eigenvalue weighted by molar-refractivity contribution is 6.18. The number of nitrogens with zero attached hydrogens (tertiary/aromatic N) is 2. The molecule has 260 valence electrons. The summed E-state index contributed by atoms with van der Waals surface area (Å²) in [5.41, 5.74) is 21.5. The summed E-state index contributed by atoms with van der Waals surface area (Å²) in [6, 6.07) is 65.8. The standard InChI is InChI=1S/C53H38N2/c1-52(2)40-25-10-8-20-38(40)49-42(52)27-16-31-46(49)55-47-32-15-23-36-34-19-7-11-26-41(34)53(3,50(36)47)43-28-13-24-37(51(43)55)35-22-14-30-45-48(35)39-21-9-12-29-44(39)54(45)33-17-5-4-6-18-33/h4-32H,1-3H3. The van der Waals surface area contributed by atoms with E-state index in [9.17, 15) is 0 Å². The molecule has 0 saturated heterocycles. The van der Waals surface area contributed by atoms with Crippen LogP contribution in [0.25, 0.3) is 60.9 Å². The third-order valence-electron chi connectivity index (χ3n) is 13.2. The molecular formula is C53H38N2. The summed E-state index contributed by atoms with van der Waals surface area (Å²) in [7, 11) is 0. The molecule has 0 amide bonds. The van der Waals surface area contributed by atoms with Gasteiger partial charge >= 0.3 is 0 Å². The minimum atomic E-state index is -0.342. The van der Waals surface area contributed by atoms with Gasteiger partial charge in [-0.3, -0.25) is 0 Å². The second-order valence-corrected chi connectivity index (χ2v) is 16.2. The maximum atomic E-state index is 2.64. The molecule has 12 rings (SSSR count). The first-order valence-corrected chi connectivity index (χ1v) is 19.5. The topological polar surface area (TPSA) is 8.17 Å². The van der Waals surface area contributed by atoms with Gasteiger partial charge in [0, 0.05) is 38.4 Å². The van der Waals surface area contributed by atoms with Crippen molar-refractivity contribution in [2.45, 2.75) is 31.6 Å². The van der Waals surface area contributed by atoms with Gasteiger partial charge in [0.05, 0.1) is 28.1 Å². The molecule has 9 aromatic rings. The van der Waals surface area contributed by atoms with E-state index in [1.165, 1.54) is 106 Å². The van der Waals surface area contributed by atoms with Gasteiger partial charge in [-0.05, 0) is 93.4 Å². The predicted molar refractivity (Wildman–Crippen MR) is 229 cm³/mol. The molecule has 1 aliphatic heterocycles. The van der Waals surface area contributed by atoms with Crippen LogP contribution in [-0.2, 0) is 10.8 Å². The molecule has 3 aliphatic rings. The molecule has 2 heteroatoms. The number of para-hydroxylation sites is 3. The molecule has 0 radical (unpaired) electrons. The van der Waals surface area contributed by atoms with Crippen molar-refractivity contribution in [3.8, 4) is 39.1 Å². The van der Waals surface area contributed by atoms with E-state index >= 15 is 0 Å². The molecule has 1 unspecified atom stereocenters. The average Bonchev–Trinajstić information content (AvgIpc) is 3.80. The molecule has 0 spiro atoms. The Morgan fingerprint density at radius 3 is 1.85 bits per heavy atom. The van der Waals surface area contributed by atoms with Crippen LogP contribution in [0, 0.1) is 0 Å². The number of hydrogen-bond acceptors (Lipinski definition) is 1. The first kappa shape index (κ1) is 30.8. The summed E-state index contributed by atoms with van der Waals surface area (Å²) in [4.78, 5) is 2.64. The van der Waals surface area contributed by atoms with E-state index < -0.39 is 0 Å². The van der Waals surface area contributed by atoms with Gasteiger partial charge in [-0.2, -0.15) is 0 Å². The molecule has 2 heterocycles. The number of hydrogen-bond donors (Lipinski definition) is 0. The lowest BCUT2D eigenvalue weighted by Crippen LogP contribution is -2.32. The highest BCUT2D eigenvalue weighted by Crippen LogP contribution is 2.65. The Balaban J connectivity index is 1.24. The van der Waals surface area contributed by atoms with Crippen molar-refractivity contribution in [3.05, 3.63) is 204 Å². The van der Waals surface area contributed by atoms with Crippen LogP contribution in [0.4, 0.5) is 17.1 Å². The average molecular weight is 703 g/mol. The lowest BCUT2D eigenvalue weighted by atomic mass is 9.69. The van der Waals surface area contributed by atoms with Gasteiger partial charge in [0.15, 0.2) is 0 Å². The highest BCUT2D eigenvalue weighted by Gasteiger charge is 2.50. The van der Waals surface area contributed by atoms with Gasteiger partial charge in [0.2, 0.25) is 0 Å². The van der Waals surface area contributed by atoms with Crippen molar-refractivity contribution in [2.24, 2.45) is 0 Å². The van der Waals surface area contributed by atoms with Crippen LogP contribution >= 0.6 is 0 Å². The van der Waals surface area contributed by atoms with Gasteiger partial charge in [-0.1, -0.05) is 153 Å². The Morgan fingerprint density at radius 1 is 0.400 bits per heavy atom. The maximum absolute atomic E-state index is 2.64.